The number of rotatable bonds is 1. The van der Waals surface area contributed by atoms with Crippen molar-refractivity contribution in [3.8, 4) is 0 Å². The summed E-state index contributed by atoms with van der Waals surface area (Å²) in [5, 5.41) is 4.18. The molecule has 1 saturated carbocycles. The molecule has 0 bridgehead atoms. The van der Waals surface area contributed by atoms with Gasteiger partial charge in [-0.15, -0.1) is 0 Å². The molecule has 112 valence electrons. The maximum absolute atomic E-state index is 12.0. The van der Waals surface area contributed by atoms with Crippen molar-refractivity contribution in [1.82, 2.24) is 9.88 Å². The minimum absolute atomic E-state index is 0.0384. The molecule has 0 aromatic carbocycles. The van der Waals surface area contributed by atoms with Crippen LogP contribution in [0.25, 0.3) is 0 Å². The second-order valence-corrected chi connectivity index (χ2v) is 7.60. The van der Waals surface area contributed by atoms with Crippen molar-refractivity contribution in [3.05, 3.63) is 21.3 Å². The minimum Gasteiger partial charge on any atom is -0.369 e. The Kier molecular flexibility index (Phi) is 3.19. The van der Waals surface area contributed by atoms with Crippen molar-refractivity contribution in [3.63, 3.8) is 0 Å². The first-order valence-electron chi connectivity index (χ1n) is 7.48. The molecule has 2 fully saturated rings. The fourth-order valence-corrected chi connectivity index (χ4v) is 4.87. The molecule has 3 aliphatic rings. The van der Waals surface area contributed by atoms with Crippen LogP contribution in [0.4, 0.5) is 5.82 Å². The van der Waals surface area contributed by atoms with E-state index in [9.17, 15) is 4.79 Å². The van der Waals surface area contributed by atoms with E-state index in [1.54, 1.807) is 6.20 Å². The molecule has 0 radical (unpaired) electrons. The standard InChI is InChI=1S/C15H17BrClN3O/c16-10-7-18-14-12(13(10)17)15(8-19-14)4-3-9(6-15)20-5-1-2-11(20)21/h7,9H,1-6,8H2,(H,18,19). The van der Waals surface area contributed by atoms with E-state index in [-0.39, 0.29) is 5.41 Å². The molecule has 1 amide bonds. The van der Waals surface area contributed by atoms with Crippen LogP contribution in [0.5, 0.6) is 0 Å². The van der Waals surface area contributed by atoms with Crippen molar-refractivity contribution in [2.24, 2.45) is 0 Å². The monoisotopic (exact) mass is 369 g/mol. The van der Waals surface area contributed by atoms with Gasteiger partial charge in [0.15, 0.2) is 0 Å². The van der Waals surface area contributed by atoms with Crippen LogP contribution in [0.3, 0.4) is 0 Å². The van der Waals surface area contributed by atoms with Gasteiger partial charge in [-0.3, -0.25) is 4.79 Å². The van der Waals surface area contributed by atoms with Crippen LogP contribution in [0.15, 0.2) is 10.7 Å². The average molecular weight is 371 g/mol. The lowest BCUT2D eigenvalue weighted by Crippen LogP contribution is -2.36. The molecular formula is C15H17BrClN3O. The number of likely N-dealkylation sites (tertiary alicyclic amines) is 1. The van der Waals surface area contributed by atoms with Crippen LogP contribution in [0, 0.1) is 0 Å². The van der Waals surface area contributed by atoms with Gasteiger partial charge in [0.2, 0.25) is 5.91 Å². The van der Waals surface area contributed by atoms with Crippen molar-refractivity contribution >= 4 is 39.3 Å². The smallest absolute Gasteiger partial charge is 0.222 e. The summed E-state index contributed by atoms with van der Waals surface area (Å²) in [5.74, 6) is 1.23. The summed E-state index contributed by atoms with van der Waals surface area (Å²) in [5.41, 5.74) is 1.18. The highest BCUT2D eigenvalue weighted by Crippen LogP contribution is 2.52. The number of fused-ring (bicyclic) bond motifs is 2. The summed E-state index contributed by atoms with van der Waals surface area (Å²) in [6.07, 6.45) is 6.60. The van der Waals surface area contributed by atoms with E-state index in [0.29, 0.717) is 18.4 Å². The maximum Gasteiger partial charge on any atom is 0.222 e. The van der Waals surface area contributed by atoms with Crippen LogP contribution in [0.2, 0.25) is 5.02 Å². The number of amides is 1. The predicted octanol–water partition coefficient (Wildman–Crippen LogP) is 3.34. The largest absolute Gasteiger partial charge is 0.369 e. The Bertz CT molecular complexity index is 623. The number of aromatic nitrogens is 1. The number of hydrogen-bond donors (Lipinski definition) is 1. The average Bonchev–Trinajstić information content (AvgIpc) is 3.15. The van der Waals surface area contributed by atoms with Gasteiger partial charge in [0.1, 0.15) is 5.82 Å². The Balaban J connectivity index is 1.67. The van der Waals surface area contributed by atoms with Gasteiger partial charge in [0.05, 0.1) is 9.50 Å². The molecule has 2 unspecified atom stereocenters. The third-order valence-corrected chi connectivity index (χ3v) is 6.45. The number of nitrogens with one attached hydrogen (secondary N) is 1. The first-order chi connectivity index (χ1) is 10.1. The normalized spacial score (nSPS) is 31.0. The number of carbonyl (C=O) groups is 1. The van der Waals surface area contributed by atoms with E-state index >= 15 is 0 Å². The lowest BCUT2D eigenvalue weighted by molar-refractivity contribution is -0.129. The zero-order valence-electron chi connectivity index (χ0n) is 11.7. The second-order valence-electron chi connectivity index (χ2n) is 6.36. The minimum atomic E-state index is 0.0384. The maximum atomic E-state index is 12.0. The fourth-order valence-electron chi connectivity index (χ4n) is 4.23. The van der Waals surface area contributed by atoms with E-state index in [0.717, 1.165) is 59.6 Å². The number of halogens is 2. The van der Waals surface area contributed by atoms with E-state index in [4.69, 9.17) is 11.6 Å². The van der Waals surface area contributed by atoms with Crippen LogP contribution in [0.1, 0.15) is 37.7 Å². The van der Waals surface area contributed by atoms with Gasteiger partial charge < -0.3 is 10.2 Å². The number of hydrogen-bond acceptors (Lipinski definition) is 3. The van der Waals surface area contributed by atoms with E-state index in [1.807, 2.05) is 0 Å². The van der Waals surface area contributed by atoms with E-state index in [2.05, 4.69) is 31.1 Å². The molecule has 21 heavy (non-hydrogen) atoms. The molecule has 1 aromatic heterocycles. The molecule has 3 heterocycles. The molecule has 1 spiro atoms. The van der Waals surface area contributed by atoms with Crippen LogP contribution in [-0.2, 0) is 10.2 Å². The van der Waals surface area contributed by atoms with Gasteiger partial charge in [-0.25, -0.2) is 4.98 Å². The topological polar surface area (TPSA) is 45.2 Å². The Morgan fingerprint density at radius 2 is 2.38 bits per heavy atom. The Morgan fingerprint density at radius 1 is 1.52 bits per heavy atom. The fraction of sp³-hybridized carbons (Fsp3) is 0.600. The summed E-state index contributed by atoms with van der Waals surface area (Å²) < 4.78 is 0.853. The number of anilines is 1. The van der Waals surface area contributed by atoms with Crippen molar-refractivity contribution < 1.29 is 4.79 Å². The molecule has 1 aliphatic carbocycles. The Hall–Kier alpha value is -0.810. The van der Waals surface area contributed by atoms with Gasteiger partial charge >= 0.3 is 0 Å². The molecule has 2 aliphatic heterocycles. The lowest BCUT2D eigenvalue weighted by atomic mass is 9.81. The SMILES string of the molecule is O=C1CCCN1C1CCC2(CNc3ncc(Br)c(Cl)c32)C1. The van der Waals surface area contributed by atoms with Crippen molar-refractivity contribution in [2.75, 3.05) is 18.4 Å². The predicted molar refractivity (Wildman–Crippen MR) is 85.7 cm³/mol. The molecular weight excluding hydrogens is 354 g/mol. The number of pyridine rings is 1. The summed E-state index contributed by atoms with van der Waals surface area (Å²) >= 11 is 10.0. The number of carbonyl (C=O) groups excluding carboxylic acids is 1. The van der Waals surface area contributed by atoms with Gasteiger partial charge in [-0.1, -0.05) is 11.6 Å². The van der Waals surface area contributed by atoms with Crippen LogP contribution < -0.4 is 5.32 Å². The summed E-state index contributed by atoms with van der Waals surface area (Å²) in [6.45, 7) is 1.80. The summed E-state index contributed by atoms with van der Waals surface area (Å²) in [6, 6.07) is 0.364. The molecule has 4 rings (SSSR count). The molecule has 4 nitrogen and oxygen atoms in total. The zero-order chi connectivity index (χ0) is 14.6. The Morgan fingerprint density at radius 3 is 3.14 bits per heavy atom. The Labute approximate surface area is 137 Å². The number of nitrogens with zero attached hydrogens (tertiary/aromatic N) is 2. The van der Waals surface area contributed by atoms with Gasteiger partial charge in [-0.2, -0.15) is 0 Å². The summed E-state index contributed by atoms with van der Waals surface area (Å²) in [4.78, 5) is 18.5. The molecule has 1 aromatic rings. The third-order valence-electron chi connectivity index (χ3n) is 5.23. The third kappa shape index (κ3) is 2.00. The highest BCUT2D eigenvalue weighted by molar-refractivity contribution is 9.10. The summed E-state index contributed by atoms with van der Waals surface area (Å²) in [7, 11) is 0. The quantitative estimate of drug-likeness (QED) is 0.824. The second kappa shape index (κ2) is 4.85. The van der Waals surface area contributed by atoms with Crippen LogP contribution in [-0.4, -0.2) is 34.9 Å². The molecule has 1 N–H and O–H groups in total. The van der Waals surface area contributed by atoms with Gasteiger partial charge in [0, 0.05) is 42.7 Å². The molecule has 2 atom stereocenters. The van der Waals surface area contributed by atoms with E-state index < -0.39 is 0 Å². The first kappa shape index (κ1) is 13.8. The highest BCUT2D eigenvalue weighted by Gasteiger charge is 2.49. The molecule has 6 heteroatoms. The first-order valence-corrected chi connectivity index (χ1v) is 8.66. The zero-order valence-corrected chi connectivity index (χ0v) is 14.0. The lowest BCUT2D eigenvalue weighted by Gasteiger charge is -2.28. The van der Waals surface area contributed by atoms with Gasteiger partial charge in [-0.05, 0) is 41.6 Å². The van der Waals surface area contributed by atoms with Crippen LogP contribution >= 0.6 is 27.5 Å². The highest BCUT2D eigenvalue weighted by atomic mass is 79.9. The van der Waals surface area contributed by atoms with Crippen molar-refractivity contribution in [2.45, 2.75) is 43.6 Å². The molecule has 1 saturated heterocycles. The van der Waals surface area contributed by atoms with Crippen molar-refractivity contribution in [1.29, 1.82) is 0 Å². The van der Waals surface area contributed by atoms with E-state index in [1.165, 1.54) is 0 Å². The van der Waals surface area contributed by atoms with Gasteiger partial charge in [0.25, 0.3) is 0 Å².